The SMILES string of the molecule is CC(CCCOc1ccc(F)cc1)Oc1cccc2ccc(N)nc12. The molecule has 1 unspecified atom stereocenters. The number of halogens is 1. The number of anilines is 1. The zero-order chi connectivity index (χ0) is 17.6. The van der Waals surface area contributed by atoms with Crippen molar-refractivity contribution in [2.24, 2.45) is 0 Å². The van der Waals surface area contributed by atoms with Crippen LogP contribution in [0.15, 0.2) is 54.6 Å². The second-order valence-corrected chi connectivity index (χ2v) is 5.94. The van der Waals surface area contributed by atoms with E-state index in [9.17, 15) is 4.39 Å². The standard InChI is InChI=1S/C20H21FN2O2/c1-14(4-3-13-24-17-10-8-16(21)9-11-17)25-18-6-2-5-15-7-12-19(22)23-20(15)18/h2,5-12,14H,3-4,13H2,1H3,(H2,22,23). The highest BCUT2D eigenvalue weighted by Gasteiger charge is 2.09. The normalized spacial score (nSPS) is 12.1. The maximum Gasteiger partial charge on any atom is 0.146 e. The monoisotopic (exact) mass is 340 g/mol. The third-order valence-electron chi connectivity index (χ3n) is 3.87. The van der Waals surface area contributed by atoms with E-state index in [4.69, 9.17) is 15.2 Å². The first-order valence-electron chi connectivity index (χ1n) is 8.32. The summed E-state index contributed by atoms with van der Waals surface area (Å²) in [6.07, 6.45) is 1.68. The first kappa shape index (κ1) is 17.0. The number of nitrogens with two attached hydrogens (primary N) is 1. The molecule has 0 saturated heterocycles. The van der Waals surface area contributed by atoms with Crippen LogP contribution in [0.3, 0.4) is 0 Å². The lowest BCUT2D eigenvalue weighted by atomic mass is 10.2. The molecule has 2 aromatic carbocycles. The molecule has 1 atom stereocenters. The van der Waals surface area contributed by atoms with Crippen molar-refractivity contribution in [3.8, 4) is 11.5 Å². The molecule has 0 aliphatic heterocycles. The van der Waals surface area contributed by atoms with Gasteiger partial charge in [-0.2, -0.15) is 0 Å². The van der Waals surface area contributed by atoms with E-state index in [2.05, 4.69) is 4.98 Å². The Kier molecular flexibility index (Phi) is 5.33. The topological polar surface area (TPSA) is 57.4 Å². The van der Waals surface area contributed by atoms with Crippen LogP contribution in [0, 0.1) is 5.82 Å². The fourth-order valence-electron chi connectivity index (χ4n) is 2.60. The Hall–Kier alpha value is -2.82. The van der Waals surface area contributed by atoms with Crippen LogP contribution in [0.5, 0.6) is 11.5 Å². The van der Waals surface area contributed by atoms with E-state index in [0.717, 1.165) is 29.5 Å². The number of hydrogen-bond donors (Lipinski definition) is 1. The van der Waals surface area contributed by atoms with Gasteiger partial charge in [0.15, 0.2) is 0 Å². The molecular formula is C20H21FN2O2. The molecule has 0 amide bonds. The second kappa shape index (κ2) is 7.83. The van der Waals surface area contributed by atoms with E-state index < -0.39 is 0 Å². The molecule has 0 aliphatic rings. The molecule has 0 spiro atoms. The summed E-state index contributed by atoms with van der Waals surface area (Å²) < 4.78 is 24.5. The van der Waals surface area contributed by atoms with Gasteiger partial charge in [0.1, 0.15) is 28.7 Å². The van der Waals surface area contributed by atoms with Gasteiger partial charge in [0.25, 0.3) is 0 Å². The van der Waals surface area contributed by atoms with Gasteiger partial charge in [-0.1, -0.05) is 12.1 Å². The van der Waals surface area contributed by atoms with E-state index >= 15 is 0 Å². The van der Waals surface area contributed by atoms with E-state index in [0.29, 0.717) is 18.2 Å². The van der Waals surface area contributed by atoms with Crippen molar-refractivity contribution in [3.63, 3.8) is 0 Å². The molecule has 0 fully saturated rings. The predicted octanol–water partition coefficient (Wildman–Crippen LogP) is 4.58. The van der Waals surface area contributed by atoms with Crippen molar-refractivity contribution < 1.29 is 13.9 Å². The van der Waals surface area contributed by atoms with Crippen molar-refractivity contribution >= 4 is 16.7 Å². The van der Waals surface area contributed by atoms with E-state index in [-0.39, 0.29) is 11.9 Å². The minimum absolute atomic E-state index is 0.0191. The lowest BCUT2D eigenvalue weighted by molar-refractivity contribution is 0.195. The van der Waals surface area contributed by atoms with E-state index in [1.807, 2.05) is 31.2 Å². The Morgan fingerprint density at radius 3 is 2.68 bits per heavy atom. The zero-order valence-corrected chi connectivity index (χ0v) is 14.1. The highest BCUT2D eigenvalue weighted by Crippen LogP contribution is 2.26. The lowest BCUT2D eigenvalue weighted by Gasteiger charge is -2.16. The van der Waals surface area contributed by atoms with Crippen LogP contribution in [0.2, 0.25) is 0 Å². The third-order valence-corrected chi connectivity index (χ3v) is 3.87. The van der Waals surface area contributed by atoms with E-state index in [1.54, 1.807) is 18.2 Å². The quantitative estimate of drug-likeness (QED) is 0.640. The summed E-state index contributed by atoms with van der Waals surface area (Å²) in [5.74, 6) is 1.61. The number of aromatic nitrogens is 1. The average molecular weight is 340 g/mol. The zero-order valence-electron chi connectivity index (χ0n) is 14.1. The van der Waals surface area contributed by atoms with Gasteiger partial charge in [0.2, 0.25) is 0 Å². The second-order valence-electron chi connectivity index (χ2n) is 5.94. The third kappa shape index (κ3) is 4.59. The summed E-state index contributed by atoms with van der Waals surface area (Å²) in [6, 6.07) is 15.6. The fourth-order valence-corrected chi connectivity index (χ4v) is 2.60. The molecule has 130 valence electrons. The Morgan fingerprint density at radius 1 is 1.08 bits per heavy atom. The molecule has 0 bridgehead atoms. The molecule has 1 aromatic heterocycles. The van der Waals surface area contributed by atoms with E-state index in [1.165, 1.54) is 12.1 Å². The Labute approximate surface area is 146 Å². The molecule has 25 heavy (non-hydrogen) atoms. The predicted molar refractivity (Wildman–Crippen MR) is 97.4 cm³/mol. The van der Waals surface area contributed by atoms with Crippen LogP contribution < -0.4 is 15.2 Å². The number of hydrogen-bond acceptors (Lipinski definition) is 4. The summed E-state index contributed by atoms with van der Waals surface area (Å²) in [4.78, 5) is 4.37. The molecule has 2 N–H and O–H groups in total. The van der Waals surface area contributed by atoms with Crippen LogP contribution in [0.4, 0.5) is 10.2 Å². The average Bonchev–Trinajstić information content (AvgIpc) is 2.61. The Bertz CT molecular complexity index is 837. The number of benzene rings is 2. The van der Waals surface area contributed by atoms with Crippen LogP contribution in [-0.4, -0.2) is 17.7 Å². The Morgan fingerprint density at radius 2 is 1.88 bits per heavy atom. The summed E-state index contributed by atoms with van der Waals surface area (Å²) in [7, 11) is 0. The van der Waals surface area contributed by atoms with Gasteiger partial charge in [-0.3, -0.25) is 0 Å². The smallest absolute Gasteiger partial charge is 0.146 e. The first-order chi connectivity index (χ1) is 12.1. The highest BCUT2D eigenvalue weighted by molar-refractivity contribution is 5.85. The molecule has 0 aliphatic carbocycles. The van der Waals surface area contributed by atoms with Gasteiger partial charge in [0.05, 0.1) is 12.7 Å². The number of rotatable bonds is 7. The van der Waals surface area contributed by atoms with Crippen molar-refractivity contribution in [2.75, 3.05) is 12.3 Å². The molecule has 3 rings (SSSR count). The maximum atomic E-state index is 12.8. The molecule has 0 saturated carbocycles. The largest absolute Gasteiger partial charge is 0.494 e. The van der Waals surface area contributed by atoms with Crippen LogP contribution >= 0.6 is 0 Å². The van der Waals surface area contributed by atoms with Crippen molar-refractivity contribution in [1.29, 1.82) is 0 Å². The molecule has 5 heteroatoms. The minimum Gasteiger partial charge on any atom is -0.494 e. The molecule has 4 nitrogen and oxygen atoms in total. The molecule has 3 aromatic rings. The lowest BCUT2D eigenvalue weighted by Crippen LogP contribution is -2.13. The first-order valence-corrected chi connectivity index (χ1v) is 8.32. The van der Waals surface area contributed by atoms with Crippen molar-refractivity contribution in [1.82, 2.24) is 4.98 Å². The molecule has 1 heterocycles. The number of pyridine rings is 1. The van der Waals surface area contributed by atoms with Crippen molar-refractivity contribution in [2.45, 2.75) is 25.9 Å². The van der Waals surface area contributed by atoms with Gasteiger partial charge >= 0.3 is 0 Å². The Balaban J connectivity index is 1.52. The maximum absolute atomic E-state index is 12.8. The number of ether oxygens (including phenoxy) is 2. The molecule has 0 radical (unpaired) electrons. The summed E-state index contributed by atoms with van der Waals surface area (Å²) in [5, 5.41) is 0.999. The summed E-state index contributed by atoms with van der Waals surface area (Å²) in [5.41, 5.74) is 6.55. The van der Waals surface area contributed by atoms with Crippen molar-refractivity contribution in [3.05, 3.63) is 60.4 Å². The summed E-state index contributed by atoms with van der Waals surface area (Å²) >= 11 is 0. The van der Waals surface area contributed by atoms with Gasteiger partial charge in [0, 0.05) is 5.39 Å². The number of nitrogen functional groups attached to an aromatic ring is 1. The fraction of sp³-hybridized carbons (Fsp3) is 0.250. The van der Waals surface area contributed by atoms with Crippen LogP contribution in [-0.2, 0) is 0 Å². The number of para-hydroxylation sites is 1. The number of fused-ring (bicyclic) bond motifs is 1. The van der Waals surface area contributed by atoms with Gasteiger partial charge < -0.3 is 15.2 Å². The van der Waals surface area contributed by atoms with Crippen LogP contribution in [0.25, 0.3) is 10.9 Å². The van der Waals surface area contributed by atoms with Gasteiger partial charge in [-0.15, -0.1) is 0 Å². The van der Waals surface area contributed by atoms with Crippen LogP contribution in [0.1, 0.15) is 19.8 Å². The van der Waals surface area contributed by atoms with Gasteiger partial charge in [-0.25, -0.2) is 9.37 Å². The highest BCUT2D eigenvalue weighted by atomic mass is 19.1. The van der Waals surface area contributed by atoms with Gasteiger partial charge in [-0.05, 0) is 62.2 Å². The summed E-state index contributed by atoms with van der Waals surface area (Å²) in [6.45, 7) is 2.57. The molecular weight excluding hydrogens is 319 g/mol. The number of nitrogens with zero attached hydrogens (tertiary/aromatic N) is 1. The minimum atomic E-state index is -0.265.